The van der Waals surface area contributed by atoms with Gasteiger partial charge < -0.3 is 18.9 Å². The summed E-state index contributed by atoms with van der Waals surface area (Å²) in [4.78, 5) is 45.7. The van der Waals surface area contributed by atoms with E-state index in [4.69, 9.17) is 9.47 Å². The summed E-state index contributed by atoms with van der Waals surface area (Å²) < 4.78 is 12.1. The first kappa shape index (κ1) is 27.6. The molecule has 0 bridgehead atoms. The Balaban J connectivity index is 1.96. The van der Waals surface area contributed by atoms with Crippen LogP contribution in [0.3, 0.4) is 0 Å². The number of carbonyl (C=O) groups excluding carboxylic acids is 2. The van der Waals surface area contributed by atoms with Crippen LogP contribution in [-0.2, 0) is 19.1 Å². The molecule has 2 aromatic rings. The number of methoxy groups -OCH3 is 1. The largest absolute Gasteiger partial charge is 0.469 e. The second-order valence-corrected chi connectivity index (χ2v) is 10.2. The van der Waals surface area contributed by atoms with Crippen LogP contribution in [0.25, 0.3) is 0 Å². The van der Waals surface area contributed by atoms with E-state index in [2.05, 4.69) is 16.8 Å². The lowest BCUT2D eigenvalue weighted by Gasteiger charge is -2.36. The lowest BCUT2D eigenvalue weighted by molar-refractivity contribution is -0.141. The molecule has 1 fully saturated rings. The summed E-state index contributed by atoms with van der Waals surface area (Å²) in [5, 5.41) is 0. The van der Waals surface area contributed by atoms with E-state index in [1.165, 1.54) is 11.7 Å². The summed E-state index contributed by atoms with van der Waals surface area (Å²) in [6.07, 6.45) is 4.15. The normalized spacial score (nSPS) is 17.6. The molecule has 0 N–H and O–H groups in total. The van der Waals surface area contributed by atoms with E-state index in [1.807, 2.05) is 39.8 Å². The number of aromatic nitrogens is 2. The number of ketones is 1. The zero-order chi connectivity index (χ0) is 26.4. The Hall–Kier alpha value is -3.00. The Morgan fingerprint density at radius 2 is 1.97 bits per heavy atom. The fourth-order valence-corrected chi connectivity index (χ4v) is 4.80. The number of aryl methyl sites for hydroxylation is 2. The van der Waals surface area contributed by atoms with Crippen LogP contribution in [-0.4, -0.2) is 54.2 Å². The molecule has 3 rings (SSSR count). The van der Waals surface area contributed by atoms with Crippen molar-refractivity contribution in [1.29, 1.82) is 0 Å². The van der Waals surface area contributed by atoms with Crippen molar-refractivity contribution in [3.05, 3.63) is 57.8 Å². The van der Waals surface area contributed by atoms with E-state index in [1.54, 1.807) is 18.5 Å². The van der Waals surface area contributed by atoms with Gasteiger partial charge in [-0.25, -0.2) is 0 Å². The summed E-state index contributed by atoms with van der Waals surface area (Å²) in [6.45, 7) is 12.0. The maximum atomic E-state index is 13.7. The highest BCUT2D eigenvalue weighted by Crippen LogP contribution is 2.32. The zero-order valence-electron chi connectivity index (χ0n) is 22.3. The number of morpholine rings is 1. The minimum atomic E-state index is -0.601. The van der Waals surface area contributed by atoms with E-state index in [9.17, 15) is 14.4 Å². The quantitative estimate of drug-likeness (QED) is 0.459. The molecule has 8 heteroatoms. The number of Topliss-reactive ketones (excluding diaryl/α,β-unsaturated/α-hetero) is 1. The highest BCUT2D eigenvalue weighted by Gasteiger charge is 2.29. The summed E-state index contributed by atoms with van der Waals surface area (Å²) in [5.41, 5.74) is 3.34. The Bertz CT molecular complexity index is 1130. The summed E-state index contributed by atoms with van der Waals surface area (Å²) in [7, 11) is 1.35. The Labute approximate surface area is 213 Å². The minimum Gasteiger partial charge on any atom is -0.469 e. The molecule has 2 aromatic heterocycles. The van der Waals surface area contributed by atoms with Gasteiger partial charge >= 0.3 is 5.97 Å². The number of hydrogen-bond acceptors (Lipinski definition) is 7. The number of nitrogens with zero attached hydrogens (tertiary/aromatic N) is 3. The van der Waals surface area contributed by atoms with Gasteiger partial charge in [0.05, 0.1) is 44.2 Å². The highest BCUT2D eigenvalue weighted by atomic mass is 16.5. The molecule has 1 saturated heterocycles. The second kappa shape index (κ2) is 12.3. The molecule has 0 aliphatic carbocycles. The van der Waals surface area contributed by atoms with Gasteiger partial charge in [0.1, 0.15) is 0 Å². The topological polar surface area (TPSA) is 90.7 Å². The number of hydrogen-bond donors (Lipinski definition) is 0. The van der Waals surface area contributed by atoms with Crippen molar-refractivity contribution in [3.63, 3.8) is 0 Å². The van der Waals surface area contributed by atoms with Gasteiger partial charge in [0.2, 0.25) is 0 Å². The molecule has 0 aromatic carbocycles. The van der Waals surface area contributed by atoms with Gasteiger partial charge in [0, 0.05) is 43.4 Å². The van der Waals surface area contributed by atoms with Gasteiger partial charge in [0.25, 0.3) is 5.56 Å². The van der Waals surface area contributed by atoms with Crippen LogP contribution in [0.4, 0.5) is 5.69 Å². The molecular weight excluding hydrogens is 458 g/mol. The van der Waals surface area contributed by atoms with E-state index >= 15 is 0 Å². The molecule has 2 unspecified atom stereocenters. The molecule has 1 aliphatic rings. The van der Waals surface area contributed by atoms with Crippen LogP contribution in [0.2, 0.25) is 0 Å². The van der Waals surface area contributed by atoms with Gasteiger partial charge in [-0.1, -0.05) is 13.8 Å². The molecule has 0 saturated carbocycles. The van der Waals surface area contributed by atoms with E-state index in [0.717, 1.165) is 29.1 Å². The predicted octanol–water partition coefficient (Wildman–Crippen LogP) is 3.98. The van der Waals surface area contributed by atoms with Gasteiger partial charge in [0.15, 0.2) is 5.78 Å². The van der Waals surface area contributed by atoms with Crippen molar-refractivity contribution < 1.29 is 19.1 Å². The summed E-state index contributed by atoms with van der Waals surface area (Å²) >= 11 is 0. The monoisotopic (exact) mass is 497 g/mol. The first-order valence-corrected chi connectivity index (χ1v) is 12.7. The molecule has 1 aliphatic heterocycles. The minimum absolute atomic E-state index is 0.0578. The first-order valence-electron chi connectivity index (χ1n) is 12.7. The lowest BCUT2D eigenvalue weighted by Crippen LogP contribution is -2.44. The number of pyridine rings is 2. The van der Waals surface area contributed by atoms with Crippen molar-refractivity contribution in [2.24, 2.45) is 5.92 Å². The van der Waals surface area contributed by atoms with Gasteiger partial charge in [-0.3, -0.25) is 19.4 Å². The average Bonchev–Trinajstić information content (AvgIpc) is 2.83. The van der Waals surface area contributed by atoms with Crippen LogP contribution in [0.5, 0.6) is 0 Å². The molecule has 0 spiro atoms. The van der Waals surface area contributed by atoms with Crippen molar-refractivity contribution in [2.75, 3.05) is 31.8 Å². The highest BCUT2D eigenvalue weighted by molar-refractivity contribution is 5.84. The third kappa shape index (κ3) is 6.81. The maximum Gasteiger partial charge on any atom is 0.306 e. The average molecular weight is 498 g/mol. The molecule has 8 nitrogen and oxygen atoms in total. The molecular formula is C28H39N3O5. The molecule has 0 amide bonds. The van der Waals surface area contributed by atoms with Crippen molar-refractivity contribution in [3.8, 4) is 0 Å². The third-order valence-corrected chi connectivity index (χ3v) is 6.82. The zero-order valence-corrected chi connectivity index (χ0v) is 22.3. The number of anilines is 1. The predicted molar refractivity (Wildman–Crippen MR) is 140 cm³/mol. The summed E-state index contributed by atoms with van der Waals surface area (Å²) in [6, 6.07) is 5.02. The van der Waals surface area contributed by atoms with Crippen molar-refractivity contribution in [2.45, 2.75) is 71.9 Å². The Morgan fingerprint density at radius 3 is 2.61 bits per heavy atom. The lowest BCUT2D eigenvalue weighted by atomic mass is 9.87. The van der Waals surface area contributed by atoms with Crippen LogP contribution in [0.15, 0.2) is 35.4 Å². The Kier molecular flexibility index (Phi) is 9.43. The number of esters is 1. The number of rotatable bonds is 10. The van der Waals surface area contributed by atoms with E-state index in [-0.39, 0.29) is 42.1 Å². The number of carbonyl (C=O) groups is 2. The van der Waals surface area contributed by atoms with Gasteiger partial charge in [-0.05, 0) is 56.4 Å². The standard InChI is InChI=1S/C28H39N3O5/c1-18(2)11-25(31-8-7-19(3)12-27(31)33)26(32)14-22(15-28(34)35-6)23-13-24(21(5)29-16-23)30-9-10-36-17-20(30)4/h7-8,12-13,16,18,20,22,25H,9-11,14-15,17H2,1-6H3/t20-,22?,25?/m0/s1. The van der Waals surface area contributed by atoms with Crippen molar-refractivity contribution in [1.82, 2.24) is 9.55 Å². The van der Waals surface area contributed by atoms with Gasteiger partial charge in [-0.15, -0.1) is 0 Å². The second-order valence-electron chi connectivity index (χ2n) is 10.2. The SMILES string of the molecule is COC(=O)CC(CC(=O)C(CC(C)C)n1ccc(C)cc1=O)c1cnc(C)c(N2CCOC[C@@H]2C)c1. The van der Waals surface area contributed by atoms with Crippen molar-refractivity contribution >= 4 is 17.4 Å². The molecule has 3 heterocycles. The first-order chi connectivity index (χ1) is 17.1. The fourth-order valence-electron chi connectivity index (χ4n) is 4.80. The molecule has 3 atom stereocenters. The molecule has 196 valence electrons. The van der Waals surface area contributed by atoms with Crippen LogP contribution in [0, 0.1) is 19.8 Å². The molecule has 36 heavy (non-hydrogen) atoms. The van der Waals surface area contributed by atoms with Crippen LogP contribution < -0.4 is 10.5 Å². The third-order valence-electron chi connectivity index (χ3n) is 6.82. The van der Waals surface area contributed by atoms with Gasteiger partial charge in [-0.2, -0.15) is 0 Å². The smallest absolute Gasteiger partial charge is 0.306 e. The molecule has 0 radical (unpaired) electrons. The van der Waals surface area contributed by atoms with Crippen LogP contribution in [0.1, 0.15) is 68.8 Å². The summed E-state index contributed by atoms with van der Waals surface area (Å²) in [5.74, 6) is -0.668. The fraction of sp³-hybridized carbons (Fsp3) is 0.571. The van der Waals surface area contributed by atoms with E-state index in [0.29, 0.717) is 19.6 Å². The Morgan fingerprint density at radius 1 is 1.22 bits per heavy atom. The number of ether oxygens (including phenoxy) is 2. The maximum absolute atomic E-state index is 13.7. The van der Waals surface area contributed by atoms with E-state index < -0.39 is 12.0 Å². The van der Waals surface area contributed by atoms with Crippen LogP contribution >= 0.6 is 0 Å².